The predicted octanol–water partition coefficient (Wildman–Crippen LogP) is 2.59. The molecule has 0 radical (unpaired) electrons. The summed E-state index contributed by atoms with van der Waals surface area (Å²) in [5.41, 5.74) is -0.599. The number of ether oxygens (including phenoxy) is 1. The number of hydrogen-bond donors (Lipinski definition) is 3. The lowest BCUT2D eigenvalue weighted by Crippen LogP contribution is -2.40. The van der Waals surface area contributed by atoms with Crippen LogP contribution >= 0.6 is 0 Å². The Bertz CT molecular complexity index is 1360. The molecule has 0 saturated carbocycles. The molecule has 5 rings (SSSR count). The van der Waals surface area contributed by atoms with Crippen molar-refractivity contribution in [2.24, 2.45) is 0 Å². The highest BCUT2D eigenvalue weighted by Gasteiger charge is 2.33. The van der Waals surface area contributed by atoms with Crippen LogP contribution in [0, 0.1) is 5.82 Å². The van der Waals surface area contributed by atoms with Crippen LogP contribution in [0.25, 0.3) is 10.9 Å². The summed E-state index contributed by atoms with van der Waals surface area (Å²) in [6, 6.07) is 5.35. The van der Waals surface area contributed by atoms with Gasteiger partial charge in [0.2, 0.25) is 5.43 Å². The summed E-state index contributed by atoms with van der Waals surface area (Å²) in [5.74, 6) is -1.42. The molecule has 1 aromatic carbocycles. The maximum absolute atomic E-state index is 15.3. The Morgan fingerprint density at radius 1 is 1.32 bits per heavy atom. The number of pyridine rings is 2. The Morgan fingerprint density at radius 3 is 2.88 bits per heavy atom. The number of carbonyl (C=O) groups excluding carboxylic acids is 1. The van der Waals surface area contributed by atoms with Gasteiger partial charge in [-0.3, -0.25) is 10.1 Å². The fraction of sp³-hybridized carbons (Fsp3) is 0.304. The number of carboxylic acid groups (broad SMARTS) is 1. The van der Waals surface area contributed by atoms with Gasteiger partial charge >= 0.3 is 12.0 Å². The summed E-state index contributed by atoms with van der Waals surface area (Å²) in [4.78, 5) is 42.4. The lowest BCUT2D eigenvalue weighted by molar-refractivity contribution is 0.0694. The van der Waals surface area contributed by atoms with Crippen LogP contribution < -0.4 is 25.7 Å². The Kier molecular flexibility index (Phi) is 5.31. The zero-order valence-corrected chi connectivity index (χ0v) is 18.2. The van der Waals surface area contributed by atoms with Crippen molar-refractivity contribution in [1.82, 2.24) is 14.9 Å². The smallest absolute Gasteiger partial charge is 0.341 e. The molecule has 2 aliphatic rings. The minimum absolute atomic E-state index is 0.0358. The predicted molar refractivity (Wildman–Crippen MR) is 122 cm³/mol. The quantitative estimate of drug-likeness (QED) is 0.538. The van der Waals surface area contributed by atoms with Crippen molar-refractivity contribution in [2.75, 3.05) is 29.9 Å². The molecule has 4 heterocycles. The van der Waals surface area contributed by atoms with Crippen LogP contribution in [-0.4, -0.2) is 52.4 Å². The Hall–Kier alpha value is -4.15. The lowest BCUT2D eigenvalue weighted by atomic mass is 10.1. The first-order valence-electron chi connectivity index (χ1n) is 10.8. The standard InChI is InChI=1S/C23H22FN5O5/c1-12-11-34-21-18-14(20(30)15(22(31)32)10-29(12)18)8-16(24)19(21)28-7-5-13(9-28)26-23(33)27-17-4-2-3-6-25-17/h2-4,6,8,10,12-13H,5,7,9,11H2,1H3,(H,31,32)(H2,25,26,27,33)/t12-,13+/m0/s1. The third kappa shape index (κ3) is 3.68. The van der Waals surface area contributed by atoms with Gasteiger partial charge in [0, 0.05) is 31.5 Å². The van der Waals surface area contributed by atoms with Crippen molar-refractivity contribution >= 4 is 34.4 Å². The topological polar surface area (TPSA) is 126 Å². The van der Waals surface area contributed by atoms with E-state index in [4.69, 9.17) is 4.74 Å². The number of hydrogen-bond acceptors (Lipinski definition) is 6. The van der Waals surface area contributed by atoms with Crippen molar-refractivity contribution < 1.29 is 23.8 Å². The molecule has 0 spiro atoms. The molecule has 0 aliphatic carbocycles. The number of anilines is 2. The normalized spacial score (nSPS) is 19.1. The first-order chi connectivity index (χ1) is 16.3. The number of carbonyl (C=O) groups is 2. The fourth-order valence-corrected chi connectivity index (χ4v) is 4.51. The molecular formula is C23H22FN5O5. The summed E-state index contributed by atoms with van der Waals surface area (Å²) in [5, 5.41) is 14.9. The average Bonchev–Trinajstić information content (AvgIpc) is 3.25. The van der Waals surface area contributed by atoms with Crippen LogP contribution in [0.15, 0.2) is 41.5 Å². The molecule has 0 bridgehead atoms. The van der Waals surface area contributed by atoms with Gasteiger partial charge in [0.15, 0.2) is 11.6 Å². The van der Waals surface area contributed by atoms with Crippen molar-refractivity contribution in [2.45, 2.75) is 25.4 Å². The van der Waals surface area contributed by atoms with Gasteiger partial charge in [-0.05, 0) is 31.5 Å². The van der Waals surface area contributed by atoms with Gasteiger partial charge in [-0.25, -0.2) is 19.0 Å². The second kappa shape index (κ2) is 8.32. The van der Waals surface area contributed by atoms with Gasteiger partial charge in [0.1, 0.15) is 23.7 Å². The Labute approximate surface area is 193 Å². The average molecular weight is 467 g/mol. The second-order valence-electron chi connectivity index (χ2n) is 8.42. The van der Waals surface area contributed by atoms with E-state index in [1.165, 1.54) is 6.20 Å². The van der Waals surface area contributed by atoms with Gasteiger partial charge in [-0.15, -0.1) is 0 Å². The van der Waals surface area contributed by atoms with E-state index in [-0.39, 0.29) is 35.5 Å². The highest BCUT2D eigenvalue weighted by molar-refractivity contribution is 5.97. The third-order valence-electron chi connectivity index (χ3n) is 6.12. The number of aromatic carboxylic acids is 1. The summed E-state index contributed by atoms with van der Waals surface area (Å²) >= 11 is 0. The molecule has 10 nitrogen and oxygen atoms in total. The zero-order valence-electron chi connectivity index (χ0n) is 18.2. The van der Waals surface area contributed by atoms with Gasteiger partial charge < -0.3 is 24.6 Å². The summed E-state index contributed by atoms with van der Waals surface area (Å²) in [6.07, 6.45) is 3.44. The fourth-order valence-electron chi connectivity index (χ4n) is 4.51. The number of urea groups is 1. The van der Waals surface area contributed by atoms with Gasteiger partial charge in [0.25, 0.3) is 0 Å². The lowest BCUT2D eigenvalue weighted by Gasteiger charge is -2.31. The number of nitrogens with zero attached hydrogens (tertiary/aromatic N) is 3. The highest BCUT2D eigenvalue weighted by atomic mass is 19.1. The van der Waals surface area contributed by atoms with Gasteiger partial charge in [0.05, 0.1) is 16.9 Å². The van der Waals surface area contributed by atoms with E-state index in [0.29, 0.717) is 30.8 Å². The van der Waals surface area contributed by atoms with Crippen LogP contribution in [0.2, 0.25) is 0 Å². The number of rotatable bonds is 4. The second-order valence-corrected chi connectivity index (χ2v) is 8.42. The zero-order chi connectivity index (χ0) is 24.0. The molecule has 2 aliphatic heterocycles. The molecule has 2 atom stereocenters. The Morgan fingerprint density at radius 2 is 2.15 bits per heavy atom. The molecule has 176 valence electrons. The summed E-state index contributed by atoms with van der Waals surface area (Å²) in [6.45, 7) is 2.82. The molecular weight excluding hydrogens is 445 g/mol. The van der Waals surface area contributed by atoms with E-state index in [2.05, 4.69) is 15.6 Å². The Balaban J connectivity index is 1.45. The minimum Gasteiger partial charge on any atom is -0.487 e. The summed E-state index contributed by atoms with van der Waals surface area (Å²) < 4.78 is 22.9. The maximum atomic E-state index is 15.3. The molecule has 2 aromatic heterocycles. The number of amides is 2. The monoisotopic (exact) mass is 467 g/mol. The number of carboxylic acids is 1. The van der Waals surface area contributed by atoms with Gasteiger partial charge in [-0.2, -0.15) is 0 Å². The molecule has 1 saturated heterocycles. The van der Waals surface area contributed by atoms with E-state index >= 15 is 4.39 Å². The molecule has 3 N–H and O–H groups in total. The molecule has 1 fully saturated rings. The van der Waals surface area contributed by atoms with Gasteiger partial charge in [-0.1, -0.05) is 6.07 Å². The van der Waals surface area contributed by atoms with Crippen LogP contribution in [0.3, 0.4) is 0 Å². The minimum atomic E-state index is -1.36. The molecule has 2 amide bonds. The number of aromatic nitrogens is 2. The first kappa shape index (κ1) is 21.7. The van der Waals surface area contributed by atoms with Crippen LogP contribution in [0.4, 0.5) is 20.7 Å². The van der Waals surface area contributed by atoms with E-state index in [1.807, 2.05) is 6.92 Å². The summed E-state index contributed by atoms with van der Waals surface area (Å²) in [7, 11) is 0. The van der Waals surface area contributed by atoms with Crippen LogP contribution in [0.1, 0.15) is 29.7 Å². The SMILES string of the molecule is C[C@H]1COc2c(N3CC[C@@H](NC(=O)Nc4ccccn4)C3)c(F)cc3c(=O)c(C(=O)O)cn1c23. The first-order valence-corrected chi connectivity index (χ1v) is 10.8. The van der Waals surface area contributed by atoms with Crippen LogP contribution in [-0.2, 0) is 0 Å². The number of halogens is 1. The van der Waals surface area contributed by atoms with Crippen LogP contribution in [0.5, 0.6) is 5.75 Å². The molecule has 3 aromatic rings. The van der Waals surface area contributed by atoms with E-state index in [1.54, 1.807) is 33.9 Å². The molecule has 11 heteroatoms. The van der Waals surface area contributed by atoms with Crippen molar-refractivity contribution in [1.29, 1.82) is 0 Å². The molecule has 0 unspecified atom stereocenters. The molecule has 34 heavy (non-hydrogen) atoms. The van der Waals surface area contributed by atoms with Crippen molar-refractivity contribution in [3.8, 4) is 5.75 Å². The third-order valence-corrected chi connectivity index (χ3v) is 6.12. The van der Waals surface area contributed by atoms with Crippen molar-refractivity contribution in [3.05, 3.63) is 58.3 Å². The van der Waals surface area contributed by atoms with Crippen molar-refractivity contribution in [3.63, 3.8) is 0 Å². The number of nitrogens with one attached hydrogen (secondary N) is 2. The number of benzene rings is 1. The highest BCUT2D eigenvalue weighted by Crippen LogP contribution is 2.42. The van der Waals surface area contributed by atoms with E-state index < -0.39 is 28.8 Å². The van der Waals surface area contributed by atoms with E-state index in [9.17, 15) is 19.5 Å². The van der Waals surface area contributed by atoms with E-state index in [0.717, 1.165) is 6.07 Å². The maximum Gasteiger partial charge on any atom is 0.341 e. The largest absolute Gasteiger partial charge is 0.487 e.